The lowest BCUT2D eigenvalue weighted by Crippen LogP contribution is -2.33. The first-order chi connectivity index (χ1) is 13.2. The SMILES string of the molecule is Cl.O=C(CCCN1CCC(c2c[nH]c3ccccc23)CC1)c1ccc(Br)cc1. The predicted octanol–water partition coefficient (Wildman–Crippen LogP) is 6.19. The average molecular weight is 462 g/mol. The molecule has 1 aromatic heterocycles. The van der Waals surface area contributed by atoms with Gasteiger partial charge in [0.25, 0.3) is 0 Å². The Balaban J connectivity index is 0.00000225. The second kappa shape index (κ2) is 9.73. The van der Waals surface area contributed by atoms with E-state index in [0.29, 0.717) is 12.3 Å². The van der Waals surface area contributed by atoms with E-state index >= 15 is 0 Å². The minimum Gasteiger partial charge on any atom is -0.361 e. The fourth-order valence-corrected chi connectivity index (χ4v) is 4.41. The molecule has 0 unspecified atom stereocenters. The summed E-state index contributed by atoms with van der Waals surface area (Å²) in [6, 6.07) is 16.2. The number of aromatic nitrogens is 1. The summed E-state index contributed by atoms with van der Waals surface area (Å²) in [5.74, 6) is 0.887. The number of H-pyrrole nitrogens is 1. The Kier molecular flexibility index (Phi) is 7.33. The Bertz CT molecular complexity index is 914. The van der Waals surface area contributed by atoms with E-state index in [1.54, 1.807) is 0 Å². The van der Waals surface area contributed by atoms with Crippen molar-refractivity contribution in [2.24, 2.45) is 0 Å². The summed E-state index contributed by atoms with van der Waals surface area (Å²) in [5.41, 5.74) is 3.52. The third-order valence-corrected chi connectivity index (χ3v) is 6.22. The maximum absolute atomic E-state index is 12.3. The highest BCUT2D eigenvalue weighted by Gasteiger charge is 2.22. The molecule has 1 saturated heterocycles. The van der Waals surface area contributed by atoms with Gasteiger partial charge in [-0.2, -0.15) is 0 Å². The molecule has 3 aromatic rings. The van der Waals surface area contributed by atoms with Gasteiger partial charge in [-0.3, -0.25) is 4.79 Å². The van der Waals surface area contributed by atoms with Crippen LogP contribution in [0.3, 0.4) is 0 Å². The smallest absolute Gasteiger partial charge is 0.162 e. The molecule has 1 aliphatic heterocycles. The van der Waals surface area contributed by atoms with Crippen molar-refractivity contribution in [3.05, 3.63) is 70.3 Å². The van der Waals surface area contributed by atoms with Gasteiger partial charge in [0.15, 0.2) is 5.78 Å². The maximum atomic E-state index is 12.3. The molecule has 0 atom stereocenters. The summed E-state index contributed by atoms with van der Waals surface area (Å²) in [6.07, 6.45) is 6.16. The molecule has 1 fully saturated rings. The van der Waals surface area contributed by atoms with Gasteiger partial charge in [0, 0.05) is 33.6 Å². The van der Waals surface area contributed by atoms with Crippen LogP contribution in [0.1, 0.15) is 47.5 Å². The second-order valence-electron chi connectivity index (χ2n) is 7.44. The fourth-order valence-electron chi connectivity index (χ4n) is 4.14. The number of nitrogens with zero attached hydrogens (tertiary/aromatic N) is 1. The van der Waals surface area contributed by atoms with Crippen LogP contribution < -0.4 is 0 Å². The number of aromatic amines is 1. The molecule has 0 saturated carbocycles. The summed E-state index contributed by atoms with van der Waals surface area (Å²) in [7, 11) is 0. The minimum atomic E-state index is 0. The first kappa shape index (κ1) is 21.1. The zero-order valence-corrected chi connectivity index (χ0v) is 18.3. The number of piperidine rings is 1. The molecule has 0 spiro atoms. The Labute approximate surface area is 181 Å². The largest absolute Gasteiger partial charge is 0.361 e. The van der Waals surface area contributed by atoms with Gasteiger partial charge in [-0.15, -0.1) is 12.4 Å². The molecule has 2 aromatic carbocycles. The third-order valence-electron chi connectivity index (χ3n) is 5.69. The number of halogens is 2. The number of ketones is 1. The maximum Gasteiger partial charge on any atom is 0.162 e. The first-order valence-electron chi connectivity index (χ1n) is 9.78. The molecule has 2 heterocycles. The van der Waals surface area contributed by atoms with Crippen LogP contribution in [0.4, 0.5) is 0 Å². The van der Waals surface area contributed by atoms with Crippen molar-refractivity contribution in [1.29, 1.82) is 0 Å². The Morgan fingerprint density at radius 1 is 1.07 bits per heavy atom. The molecule has 0 radical (unpaired) electrons. The van der Waals surface area contributed by atoms with Crippen LogP contribution in [-0.4, -0.2) is 35.3 Å². The Morgan fingerprint density at radius 2 is 1.79 bits per heavy atom. The summed E-state index contributed by atoms with van der Waals surface area (Å²) in [5, 5.41) is 1.37. The van der Waals surface area contributed by atoms with Crippen LogP contribution in [0, 0.1) is 0 Å². The van der Waals surface area contributed by atoms with Crippen LogP contribution >= 0.6 is 28.3 Å². The van der Waals surface area contributed by atoms with Crippen molar-refractivity contribution in [2.75, 3.05) is 19.6 Å². The number of nitrogens with one attached hydrogen (secondary N) is 1. The van der Waals surface area contributed by atoms with E-state index < -0.39 is 0 Å². The topological polar surface area (TPSA) is 36.1 Å². The number of rotatable bonds is 6. The Morgan fingerprint density at radius 3 is 2.54 bits per heavy atom. The molecule has 1 N–H and O–H groups in total. The molecular weight excluding hydrogens is 436 g/mol. The van der Waals surface area contributed by atoms with E-state index in [1.807, 2.05) is 24.3 Å². The van der Waals surface area contributed by atoms with Crippen molar-refractivity contribution >= 4 is 45.0 Å². The number of carbonyl (C=O) groups excluding carboxylic acids is 1. The van der Waals surface area contributed by atoms with Gasteiger partial charge < -0.3 is 9.88 Å². The number of likely N-dealkylation sites (tertiary alicyclic amines) is 1. The van der Waals surface area contributed by atoms with Crippen molar-refractivity contribution in [2.45, 2.75) is 31.6 Å². The van der Waals surface area contributed by atoms with Gasteiger partial charge in [-0.05, 0) is 68.6 Å². The van der Waals surface area contributed by atoms with E-state index in [2.05, 4.69) is 56.3 Å². The molecular formula is C23H26BrClN2O. The predicted molar refractivity (Wildman–Crippen MR) is 122 cm³/mol. The number of Topliss-reactive ketones (excluding diaryl/α,β-unsaturated/α-hetero) is 1. The van der Waals surface area contributed by atoms with Gasteiger partial charge >= 0.3 is 0 Å². The lowest BCUT2D eigenvalue weighted by molar-refractivity contribution is 0.0972. The number of hydrogen-bond donors (Lipinski definition) is 1. The average Bonchev–Trinajstić information content (AvgIpc) is 3.13. The molecule has 0 amide bonds. The van der Waals surface area contributed by atoms with Gasteiger partial charge in [0.1, 0.15) is 0 Å². The van der Waals surface area contributed by atoms with Gasteiger partial charge in [-0.25, -0.2) is 0 Å². The summed E-state index contributed by atoms with van der Waals surface area (Å²) in [6.45, 7) is 3.26. The molecule has 3 nitrogen and oxygen atoms in total. The van der Waals surface area contributed by atoms with Gasteiger partial charge in [0.2, 0.25) is 0 Å². The third kappa shape index (κ3) is 4.86. The van der Waals surface area contributed by atoms with Crippen LogP contribution in [0.15, 0.2) is 59.2 Å². The highest BCUT2D eigenvalue weighted by atomic mass is 79.9. The highest BCUT2D eigenvalue weighted by Crippen LogP contribution is 2.33. The van der Waals surface area contributed by atoms with Crippen LogP contribution in [0.2, 0.25) is 0 Å². The second-order valence-corrected chi connectivity index (χ2v) is 8.35. The number of benzene rings is 2. The molecule has 0 aliphatic carbocycles. The first-order valence-corrected chi connectivity index (χ1v) is 10.6. The number of hydrogen-bond acceptors (Lipinski definition) is 2. The molecule has 1 aliphatic rings. The van der Waals surface area contributed by atoms with Crippen LogP contribution in [0.25, 0.3) is 10.9 Å². The van der Waals surface area contributed by atoms with Crippen molar-refractivity contribution in [3.8, 4) is 0 Å². The summed E-state index contributed by atoms with van der Waals surface area (Å²) in [4.78, 5) is 18.2. The van der Waals surface area contributed by atoms with E-state index in [-0.39, 0.29) is 18.2 Å². The van der Waals surface area contributed by atoms with Crippen molar-refractivity contribution in [1.82, 2.24) is 9.88 Å². The van der Waals surface area contributed by atoms with Crippen molar-refractivity contribution < 1.29 is 4.79 Å². The monoisotopic (exact) mass is 460 g/mol. The summed E-state index contributed by atoms with van der Waals surface area (Å²) >= 11 is 3.41. The van der Waals surface area contributed by atoms with E-state index in [9.17, 15) is 4.79 Å². The lowest BCUT2D eigenvalue weighted by atomic mass is 9.89. The van der Waals surface area contributed by atoms with E-state index in [4.69, 9.17) is 0 Å². The standard InChI is InChI=1S/C23H25BrN2O.ClH/c24-19-9-7-18(8-10-19)23(27)6-3-13-26-14-11-17(12-15-26)21-16-25-22-5-2-1-4-20(21)22;/h1-2,4-5,7-10,16-17,25H,3,6,11-15H2;1H. The highest BCUT2D eigenvalue weighted by molar-refractivity contribution is 9.10. The molecule has 28 heavy (non-hydrogen) atoms. The van der Waals surface area contributed by atoms with Gasteiger partial charge in [0.05, 0.1) is 0 Å². The summed E-state index contributed by atoms with van der Waals surface area (Å²) < 4.78 is 1.01. The zero-order chi connectivity index (χ0) is 18.6. The van der Waals surface area contributed by atoms with E-state index in [1.165, 1.54) is 29.3 Å². The van der Waals surface area contributed by atoms with Crippen molar-refractivity contribution in [3.63, 3.8) is 0 Å². The number of fused-ring (bicyclic) bond motifs is 1. The molecule has 5 heteroatoms. The zero-order valence-electron chi connectivity index (χ0n) is 15.9. The van der Waals surface area contributed by atoms with Crippen LogP contribution in [-0.2, 0) is 0 Å². The number of carbonyl (C=O) groups is 1. The number of para-hydroxylation sites is 1. The fraction of sp³-hybridized carbons (Fsp3) is 0.348. The molecule has 4 rings (SSSR count). The quantitative estimate of drug-likeness (QED) is 0.444. The Hall–Kier alpha value is -1.62. The normalized spacial score (nSPS) is 15.5. The van der Waals surface area contributed by atoms with Gasteiger partial charge in [-0.1, -0.05) is 46.3 Å². The molecule has 148 valence electrons. The van der Waals surface area contributed by atoms with Crippen LogP contribution in [0.5, 0.6) is 0 Å². The van der Waals surface area contributed by atoms with E-state index in [0.717, 1.165) is 36.1 Å². The minimum absolute atomic E-state index is 0. The lowest BCUT2D eigenvalue weighted by Gasteiger charge is -2.31. The molecule has 0 bridgehead atoms.